The molecule has 90 valence electrons. The molecule has 0 saturated heterocycles. The number of rotatable bonds is 3. The number of nitrogens with two attached hydrogens (primary N) is 1. The van der Waals surface area contributed by atoms with Crippen molar-refractivity contribution in [3.8, 4) is 0 Å². The highest BCUT2D eigenvalue weighted by molar-refractivity contribution is 5.94. The molecule has 0 aliphatic carbocycles. The molecule has 0 heterocycles. The van der Waals surface area contributed by atoms with Gasteiger partial charge in [0, 0.05) is 11.8 Å². The molecule has 0 saturated carbocycles. The fraction of sp³-hybridized carbons (Fsp3) is 0.300. The monoisotopic (exact) mass is 250 g/mol. The van der Waals surface area contributed by atoms with Gasteiger partial charge in [-0.15, -0.1) is 12.4 Å². The lowest BCUT2D eigenvalue weighted by molar-refractivity contribution is -0.117. The number of amides is 1. The van der Waals surface area contributed by atoms with E-state index in [-0.39, 0.29) is 18.1 Å². The number of hydrogen-bond donors (Lipinski definition) is 2. The number of nitrogens with one attached hydrogen (secondary N) is 1. The molecule has 1 aromatic carbocycles. The van der Waals surface area contributed by atoms with Gasteiger partial charge in [-0.1, -0.05) is 6.92 Å². The largest absolute Gasteiger partial charge is 0.325 e. The van der Waals surface area contributed by atoms with Gasteiger partial charge in [-0.05, 0) is 18.6 Å². The summed E-state index contributed by atoms with van der Waals surface area (Å²) in [5.74, 6) is -1.94. The number of anilines is 1. The minimum atomic E-state index is -0.740. The van der Waals surface area contributed by atoms with Crippen LogP contribution in [0.3, 0.4) is 0 Å². The third kappa shape index (κ3) is 4.12. The zero-order valence-corrected chi connectivity index (χ0v) is 9.48. The Bertz CT molecular complexity index is 354. The van der Waals surface area contributed by atoms with Crippen molar-refractivity contribution < 1.29 is 13.6 Å². The Morgan fingerprint density at radius 1 is 1.38 bits per heavy atom. The van der Waals surface area contributed by atoms with Gasteiger partial charge in [-0.3, -0.25) is 4.79 Å². The molecule has 0 aliphatic heterocycles. The molecule has 6 heteroatoms. The van der Waals surface area contributed by atoms with E-state index in [9.17, 15) is 13.6 Å². The summed E-state index contributed by atoms with van der Waals surface area (Å²) in [5, 5.41) is 2.33. The Morgan fingerprint density at radius 3 is 2.31 bits per heavy atom. The fourth-order valence-electron chi connectivity index (χ4n) is 1.05. The molecule has 0 bridgehead atoms. The summed E-state index contributed by atoms with van der Waals surface area (Å²) >= 11 is 0. The fourth-order valence-corrected chi connectivity index (χ4v) is 1.05. The highest BCUT2D eigenvalue weighted by atomic mass is 35.5. The number of hydrogen-bond acceptors (Lipinski definition) is 2. The van der Waals surface area contributed by atoms with E-state index >= 15 is 0 Å². The first-order valence-corrected chi connectivity index (χ1v) is 4.55. The minimum absolute atomic E-state index is 0. The van der Waals surface area contributed by atoms with Crippen molar-refractivity contribution in [2.75, 3.05) is 5.32 Å². The lowest BCUT2D eigenvalue weighted by atomic mass is 10.2. The third-order valence-electron chi connectivity index (χ3n) is 1.91. The first kappa shape index (κ1) is 14.8. The van der Waals surface area contributed by atoms with Crippen molar-refractivity contribution >= 4 is 24.0 Å². The van der Waals surface area contributed by atoms with Gasteiger partial charge >= 0.3 is 0 Å². The van der Waals surface area contributed by atoms with Gasteiger partial charge in [0.25, 0.3) is 0 Å². The SMILES string of the molecule is CC[C@H](N)C(=O)Nc1cc(F)cc(F)c1.Cl. The normalized spacial score (nSPS) is 11.5. The minimum Gasteiger partial charge on any atom is -0.325 e. The van der Waals surface area contributed by atoms with E-state index < -0.39 is 23.6 Å². The number of halogens is 3. The molecule has 0 spiro atoms. The van der Waals surface area contributed by atoms with Crippen molar-refractivity contribution in [2.24, 2.45) is 5.73 Å². The summed E-state index contributed by atoms with van der Waals surface area (Å²) in [5.41, 5.74) is 5.51. The van der Waals surface area contributed by atoms with Crippen LogP contribution in [-0.4, -0.2) is 11.9 Å². The summed E-state index contributed by atoms with van der Waals surface area (Å²) in [6, 6.07) is 2.12. The van der Waals surface area contributed by atoms with Gasteiger partial charge in [-0.2, -0.15) is 0 Å². The van der Waals surface area contributed by atoms with Crippen molar-refractivity contribution in [3.05, 3.63) is 29.8 Å². The second-order valence-electron chi connectivity index (χ2n) is 3.16. The Kier molecular flexibility index (Phi) is 5.92. The van der Waals surface area contributed by atoms with E-state index in [0.29, 0.717) is 6.42 Å². The quantitative estimate of drug-likeness (QED) is 0.863. The lowest BCUT2D eigenvalue weighted by Crippen LogP contribution is -2.34. The van der Waals surface area contributed by atoms with Crippen LogP contribution in [0.1, 0.15) is 13.3 Å². The number of benzene rings is 1. The maximum atomic E-state index is 12.7. The van der Waals surface area contributed by atoms with Crippen molar-refractivity contribution in [2.45, 2.75) is 19.4 Å². The molecule has 1 rings (SSSR count). The maximum Gasteiger partial charge on any atom is 0.241 e. The van der Waals surface area contributed by atoms with Gasteiger partial charge in [0.15, 0.2) is 0 Å². The number of carbonyl (C=O) groups is 1. The summed E-state index contributed by atoms with van der Waals surface area (Å²) < 4.78 is 25.5. The van der Waals surface area contributed by atoms with E-state index in [1.165, 1.54) is 0 Å². The van der Waals surface area contributed by atoms with Gasteiger partial charge in [0.2, 0.25) is 5.91 Å². The average Bonchev–Trinajstić information content (AvgIpc) is 2.14. The summed E-state index contributed by atoms with van der Waals surface area (Å²) in [7, 11) is 0. The first-order chi connectivity index (χ1) is 7.02. The topological polar surface area (TPSA) is 55.1 Å². The highest BCUT2D eigenvalue weighted by Gasteiger charge is 2.11. The molecule has 1 amide bonds. The zero-order chi connectivity index (χ0) is 11.4. The Hall–Kier alpha value is -1.20. The molecule has 0 fully saturated rings. The number of carbonyl (C=O) groups excluding carboxylic acids is 1. The van der Waals surface area contributed by atoms with Gasteiger partial charge < -0.3 is 11.1 Å². The van der Waals surface area contributed by atoms with Gasteiger partial charge in [0.1, 0.15) is 11.6 Å². The molecule has 1 atom stereocenters. The Balaban J connectivity index is 0.00000225. The second kappa shape index (κ2) is 6.40. The molecule has 16 heavy (non-hydrogen) atoms. The van der Waals surface area contributed by atoms with Crippen LogP contribution in [0.4, 0.5) is 14.5 Å². The predicted molar refractivity (Wildman–Crippen MR) is 60.5 cm³/mol. The van der Waals surface area contributed by atoms with Crippen LogP contribution in [0.15, 0.2) is 18.2 Å². The Labute approximate surface area is 98.4 Å². The van der Waals surface area contributed by atoms with Crippen molar-refractivity contribution in [1.82, 2.24) is 0 Å². The zero-order valence-electron chi connectivity index (χ0n) is 8.67. The smallest absolute Gasteiger partial charge is 0.241 e. The molecule has 0 unspecified atom stereocenters. The van der Waals surface area contributed by atoms with Crippen LogP contribution in [0.2, 0.25) is 0 Å². The van der Waals surface area contributed by atoms with Crippen LogP contribution in [0.5, 0.6) is 0 Å². The maximum absolute atomic E-state index is 12.7. The van der Waals surface area contributed by atoms with E-state index in [0.717, 1.165) is 18.2 Å². The molecule has 0 aliphatic rings. The highest BCUT2D eigenvalue weighted by Crippen LogP contribution is 2.13. The van der Waals surface area contributed by atoms with Gasteiger partial charge in [-0.25, -0.2) is 8.78 Å². The molecule has 1 aromatic rings. The predicted octanol–water partition coefficient (Wildman–Crippen LogP) is 2.06. The molecular formula is C10H13ClF2N2O. The summed E-state index contributed by atoms with van der Waals surface area (Å²) in [4.78, 5) is 11.3. The van der Waals surface area contributed by atoms with E-state index in [2.05, 4.69) is 5.32 Å². The summed E-state index contributed by atoms with van der Waals surface area (Å²) in [6.07, 6.45) is 0.462. The third-order valence-corrected chi connectivity index (χ3v) is 1.91. The van der Waals surface area contributed by atoms with Crippen LogP contribution in [-0.2, 0) is 4.79 Å². The lowest BCUT2D eigenvalue weighted by Gasteiger charge is -2.09. The van der Waals surface area contributed by atoms with Crippen LogP contribution >= 0.6 is 12.4 Å². The van der Waals surface area contributed by atoms with Crippen molar-refractivity contribution in [1.29, 1.82) is 0 Å². The van der Waals surface area contributed by atoms with Crippen LogP contribution in [0.25, 0.3) is 0 Å². The summed E-state index contributed by atoms with van der Waals surface area (Å²) in [6.45, 7) is 1.75. The van der Waals surface area contributed by atoms with E-state index in [1.807, 2.05) is 0 Å². The van der Waals surface area contributed by atoms with E-state index in [1.54, 1.807) is 6.92 Å². The molecular weight excluding hydrogens is 238 g/mol. The first-order valence-electron chi connectivity index (χ1n) is 4.55. The molecule has 0 aromatic heterocycles. The molecule has 0 radical (unpaired) electrons. The Morgan fingerprint density at radius 2 is 1.88 bits per heavy atom. The van der Waals surface area contributed by atoms with E-state index in [4.69, 9.17) is 5.73 Å². The van der Waals surface area contributed by atoms with Crippen LogP contribution in [0, 0.1) is 11.6 Å². The van der Waals surface area contributed by atoms with Crippen LogP contribution < -0.4 is 11.1 Å². The van der Waals surface area contributed by atoms with Crippen molar-refractivity contribution in [3.63, 3.8) is 0 Å². The second-order valence-corrected chi connectivity index (χ2v) is 3.16. The van der Waals surface area contributed by atoms with Gasteiger partial charge in [0.05, 0.1) is 6.04 Å². The average molecular weight is 251 g/mol. The molecule has 3 N–H and O–H groups in total. The molecule has 3 nitrogen and oxygen atoms in total. The standard InChI is InChI=1S/C10H12F2N2O.ClH/c1-2-9(13)10(15)14-8-4-6(11)3-7(12)5-8;/h3-5,9H,2,13H2,1H3,(H,14,15);1H/t9-;/m0./s1.